The van der Waals surface area contributed by atoms with Crippen LogP contribution in [0.5, 0.6) is 0 Å². The summed E-state index contributed by atoms with van der Waals surface area (Å²) in [4.78, 5) is 14.5. The normalized spacial score (nSPS) is 14.2. The third kappa shape index (κ3) is 3.56. The van der Waals surface area contributed by atoms with Gasteiger partial charge in [-0.3, -0.25) is 4.79 Å². The second-order valence-corrected chi connectivity index (χ2v) is 6.45. The smallest absolute Gasteiger partial charge is 0.255 e. The van der Waals surface area contributed by atoms with E-state index in [-0.39, 0.29) is 5.91 Å². The van der Waals surface area contributed by atoms with Gasteiger partial charge in [-0.15, -0.1) is 0 Å². The molecule has 1 saturated heterocycles. The third-order valence-corrected chi connectivity index (χ3v) is 4.42. The van der Waals surface area contributed by atoms with Crippen LogP contribution in [-0.2, 0) is 0 Å². The lowest BCUT2D eigenvalue weighted by molar-refractivity contribution is 0.102. The highest BCUT2D eigenvalue weighted by Crippen LogP contribution is 2.22. The van der Waals surface area contributed by atoms with Crippen molar-refractivity contribution in [3.05, 3.63) is 57.7 Å². The molecule has 2 aromatic rings. The first-order valence-electron chi connectivity index (χ1n) is 7.14. The van der Waals surface area contributed by atoms with E-state index >= 15 is 0 Å². The monoisotopic (exact) mass is 392 g/mol. The summed E-state index contributed by atoms with van der Waals surface area (Å²) >= 11 is 2.23. The summed E-state index contributed by atoms with van der Waals surface area (Å²) in [6.07, 6.45) is 2.54. The predicted octanol–water partition coefficient (Wildman–Crippen LogP) is 4.14. The molecule has 3 nitrogen and oxygen atoms in total. The molecule has 1 heterocycles. The van der Waals surface area contributed by atoms with Crippen molar-refractivity contribution in [1.29, 1.82) is 0 Å². The van der Waals surface area contributed by atoms with Crippen LogP contribution in [0, 0.1) is 3.57 Å². The number of nitrogens with zero attached hydrogens (tertiary/aromatic N) is 1. The van der Waals surface area contributed by atoms with Gasteiger partial charge < -0.3 is 10.2 Å². The van der Waals surface area contributed by atoms with Gasteiger partial charge in [0.05, 0.1) is 0 Å². The van der Waals surface area contributed by atoms with Gasteiger partial charge >= 0.3 is 0 Å². The first-order chi connectivity index (χ1) is 10.2. The minimum Gasteiger partial charge on any atom is -0.372 e. The second kappa shape index (κ2) is 6.47. The molecule has 0 atom stereocenters. The minimum absolute atomic E-state index is 0.0691. The Labute approximate surface area is 138 Å². The fourth-order valence-corrected chi connectivity index (χ4v) is 2.90. The summed E-state index contributed by atoms with van der Waals surface area (Å²) in [5.41, 5.74) is 2.75. The first-order valence-corrected chi connectivity index (χ1v) is 8.22. The molecule has 0 saturated carbocycles. The largest absolute Gasteiger partial charge is 0.372 e. The molecule has 0 aliphatic carbocycles. The molecule has 1 aliphatic rings. The van der Waals surface area contributed by atoms with Crippen molar-refractivity contribution in [2.45, 2.75) is 12.8 Å². The number of amides is 1. The molecular formula is C17H17IN2O. The molecule has 108 valence electrons. The Morgan fingerprint density at radius 1 is 0.952 bits per heavy atom. The molecule has 3 rings (SSSR count). The number of halogens is 1. The molecule has 1 N–H and O–H groups in total. The first kappa shape index (κ1) is 14.4. The van der Waals surface area contributed by atoms with Crippen LogP contribution >= 0.6 is 22.6 Å². The maximum atomic E-state index is 12.1. The Morgan fingerprint density at radius 3 is 2.19 bits per heavy atom. The Balaban J connectivity index is 1.67. The van der Waals surface area contributed by atoms with Gasteiger partial charge in [-0.25, -0.2) is 0 Å². The number of carbonyl (C=O) groups is 1. The summed E-state index contributed by atoms with van der Waals surface area (Å²) in [6, 6.07) is 15.7. The van der Waals surface area contributed by atoms with Crippen molar-refractivity contribution in [3.8, 4) is 0 Å². The fourth-order valence-electron chi connectivity index (χ4n) is 2.54. The van der Waals surface area contributed by atoms with Crippen LogP contribution in [0.1, 0.15) is 23.2 Å². The number of hydrogen-bond acceptors (Lipinski definition) is 2. The summed E-state index contributed by atoms with van der Waals surface area (Å²) < 4.78 is 1.12. The lowest BCUT2D eigenvalue weighted by Crippen LogP contribution is -2.17. The van der Waals surface area contributed by atoms with E-state index in [1.165, 1.54) is 18.5 Å². The van der Waals surface area contributed by atoms with Gasteiger partial charge in [0, 0.05) is 33.6 Å². The number of nitrogens with one attached hydrogen (secondary N) is 1. The molecule has 1 fully saturated rings. The fraction of sp³-hybridized carbons (Fsp3) is 0.235. The summed E-state index contributed by atoms with van der Waals surface area (Å²) in [6.45, 7) is 2.27. The van der Waals surface area contributed by atoms with E-state index in [1.807, 2.05) is 36.4 Å². The van der Waals surface area contributed by atoms with Crippen LogP contribution in [0.2, 0.25) is 0 Å². The molecule has 0 spiro atoms. The Kier molecular flexibility index (Phi) is 4.43. The van der Waals surface area contributed by atoms with Gasteiger partial charge in [-0.1, -0.05) is 0 Å². The van der Waals surface area contributed by atoms with E-state index in [0.717, 1.165) is 22.3 Å². The Bertz CT molecular complexity index is 616. The molecular weight excluding hydrogens is 375 g/mol. The Hall–Kier alpha value is -1.56. The van der Waals surface area contributed by atoms with Crippen LogP contribution in [0.3, 0.4) is 0 Å². The zero-order valence-corrected chi connectivity index (χ0v) is 13.8. The van der Waals surface area contributed by atoms with Crippen LogP contribution < -0.4 is 10.2 Å². The van der Waals surface area contributed by atoms with Gasteiger partial charge in [-0.2, -0.15) is 0 Å². The highest BCUT2D eigenvalue weighted by atomic mass is 127. The van der Waals surface area contributed by atoms with E-state index < -0.39 is 0 Å². The van der Waals surface area contributed by atoms with Crippen molar-refractivity contribution in [2.24, 2.45) is 0 Å². The molecule has 4 heteroatoms. The van der Waals surface area contributed by atoms with E-state index in [1.54, 1.807) is 0 Å². The van der Waals surface area contributed by atoms with Crippen molar-refractivity contribution in [2.75, 3.05) is 23.3 Å². The van der Waals surface area contributed by atoms with E-state index in [4.69, 9.17) is 0 Å². The highest BCUT2D eigenvalue weighted by Gasteiger charge is 2.12. The lowest BCUT2D eigenvalue weighted by atomic mass is 10.2. The molecule has 0 radical (unpaired) electrons. The molecule has 1 aliphatic heterocycles. The molecule has 0 bridgehead atoms. The summed E-state index contributed by atoms with van der Waals surface area (Å²) in [5.74, 6) is -0.0691. The Morgan fingerprint density at radius 2 is 1.57 bits per heavy atom. The van der Waals surface area contributed by atoms with Crippen LogP contribution in [-0.4, -0.2) is 19.0 Å². The molecule has 21 heavy (non-hydrogen) atoms. The topological polar surface area (TPSA) is 32.3 Å². The quantitative estimate of drug-likeness (QED) is 0.797. The van der Waals surface area contributed by atoms with Gasteiger partial charge in [-0.05, 0) is 84.0 Å². The molecule has 1 amide bonds. The van der Waals surface area contributed by atoms with Crippen LogP contribution in [0.15, 0.2) is 48.5 Å². The van der Waals surface area contributed by atoms with Gasteiger partial charge in [0.2, 0.25) is 0 Å². The zero-order chi connectivity index (χ0) is 14.7. The number of rotatable bonds is 3. The average molecular weight is 392 g/mol. The lowest BCUT2D eigenvalue weighted by Gasteiger charge is -2.17. The van der Waals surface area contributed by atoms with E-state index in [0.29, 0.717) is 5.56 Å². The summed E-state index contributed by atoms with van der Waals surface area (Å²) in [5, 5.41) is 2.94. The van der Waals surface area contributed by atoms with Crippen LogP contribution in [0.4, 0.5) is 11.4 Å². The number of benzene rings is 2. The SMILES string of the molecule is O=C(Nc1ccc(N2CCCC2)cc1)c1ccc(I)cc1. The van der Waals surface area contributed by atoms with Crippen LogP contribution in [0.25, 0.3) is 0 Å². The molecule has 2 aromatic carbocycles. The van der Waals surface area contributed by atoms with Gasteiger partial charge in [0.25, 0.3) is 5.91 Å². The highest BCUT2D eigenvalue weighted by molar-refractivity contribution is 14.1. The number of anilines is 2. The third-order valence-electron chi connectivity index (χ3n) is 3.70. The van der Waals surface area contributed by atoms with Crippen molar-refractivity contribution in [1.82, 2.24) is 0 Å². The number of hydrogen-bond donors (Lipinski definition) is 1. The van der Waals surface area contributed by atoms with E-state index in [2.05, 4.69) is 44.9 Å². The molecule has 0 unspecified atom stereocenters. The minimum atomic E-state index is -0.0691. The maximum absolute atomic E-state index is 12.1. The maximum Gasteiger partial charge on any atom is 0.255 e. The van der Waals surface area contributed by atoms with Gasteiger partial charge in [0.1, 0.15) is 0 Å². The summed E-state index contributed by atoms with van der Waals surface area (Å²) in [7, 11) is 0. The van der Waals surface area contributed by atoms with E-state index in [9.17, 15) is 4.79 Å². The molecule has 0 aromatic heterocycles. The van der Waals surface area contributed by atoms with Crippen molar-refractivity contribution >= 4 is 39.9 Å². The second-order valence-electron chi connectivity index (χ2n) is 5.20. The van der Waals surface area contributed by atoms with Crippen molar-refractivity contribution < 1.29 is 4.79 Å². The van der Waals surface area contributed by atoms with Gasteiger partial charge in [0.15, 0.2) is 0 Å². The number of carbonyl (C=O) groups excluding carboxylic acids is 1. The zero-order valence-electron chi connectivity index (χ0n) is 11.7. The average Bonchev–Trinajstić information content (AvgIpc) is 3.03. The van der Waals surface area contributed by atoms with Crippen molar-refractivity contribution in [3.63, 3.8) is 0 Å². The predicted molar refractivity (Wildman–Crippen MR) is 95.0 cm³/mol. The standard InChI is InChI=1S/C17H17IN2O/c18-14-5-3-13(4-6-14)17(21)19-15-7-9-16(10-8-15)20-11-1-2-12-20/h3-10H,1-2,11-12H2,(H,19,21).